The van der Waals surface area contributed by atoms with E-state index in [-0.39, 0.29) is 34.0 Å². The SMILES string of the molecule is CC1=Cc2cc(C3c4cc(C5c6cc(C7c8ccccc8N(C)C(C)(C)C7C)ccc6N(C)C(C)(C)C5C)ccc4N(C)C(C)(C)C3C)ccc2N(C)C1(C)C. The van der Waals surface area contributed by atoms with E-state index in [9.17, 15) is 0 Å². The molecule has 4 aromatic carbocycles. The molecule has 4 aliphatic rings. The smallest absolute Gasteiger partial charge is 0.0555 e. The molecule has 0 saturated heterocycles. The van der Waals surface area contributed by atoms with Crippen molar-refractivity contribution in [2.24, 2.45) is 17.8 Å². The zero-order valence-electron chi connectivity index (χ0n) is 37.3. The van der Waals surface area contributed by atoms with Gasteiger partial charge in [0.25, 0.3) is 0 Å². The molecule has 0 N–H and O–H groups in total. The van der Waals surface area contributed by atoms with Crippen LogP contribution in [0.25, 0.3) is 6.08 Å². The van der Waals surface area contributed by atoms with E-state index in [0.717, 1.165) is 0 Å². The zero-order chi connectivity index (χ0) is 40.6. The second-order valence-corrected chi connectivity index (χ2v) is 20.4. The fourth-order valence-corrected chi connectivity index (χ4v) is 11.1. The molecule has 296 valence electrons. The van der Waals surface area contributed by atoms with Crippen molar-refractivity contribution in [3.05, 3.63) is 123 Å². The second-order valence-electron chi connectivity index (χ2n) is 20.4. The van der Waals surface area contributed by atoms with E-state index >= 15 is 0 Å². The van der Waals surface area contributed by atoms with Crippen LogP contribution in [0.4, 0.5) is 22.7 Å². The molecule has 0 bridgehead atoms. The molecular formula is C52H68N4. The third-order valence-electron chi connectivity index (χ3n) is 17.2. The van der Waals surface area contributed by atoms with Crippen molar-refractivity contribution in [3.8, 4) is 0 Å². The fourth-order valence-electron chi connectivity index (χ4n) is 11.1. The Morgan fingerprint density at radius 3 is 1.27 bits per heavy atom. The summed E-state index contributed by atoms with van der Waals surface area (Å²) in [5, 5.41) is 0. The van der Waals surface area contributed by atoms with Gasteiger partial charge in [-0.25, -0.2) is 0 Å². The summed E-state index contributed by atoms with van der Waals surface area (Å²) in [6.45, 7) is 29.0. The molecular weight excluding hydrogens is 681 g/mol. The van der Waals surface area contributed by atoms with Gasteiger partial charge >= 0.3 is 0 Å². The van der Waals surface area contributed by atoms with Crippen LogP contribution in [-0.2, 0) is 0 Å². The number of rotatable bonds is 3. The zero-order valence-corrected chi connectivity index (χ0v) is 37.3. The lowest BCUT2D eigenvalue weighted by molar-refractivity contribution is 0.279. The summed E-state index contributed by atoms with van der Waals surface area (Å²) in [6, 6.07) is 31.5. The molecule has 6 unspecified atom stereocenters. The maximum Gasteiger partial charge on any atom is 0.0555 e. The largest absolute Gasteiger partial charge is 0.369 e. The number of likely N-dealkylation sites (N-methyl/N-ethyl adjacent to an activating group) is 1. The van der Waals surface area contributed by atoms with Gasteiger partial charge in [-0.3, -0.25) is 0 Å². The number of hydrogen-bond acceptors (Lipinski definition) is 4. The molecule has 56 heavy (non-hydrogen) atoms. The molecule has 0 radical (unpaired) electrons. The summed E-state index contributed by atoms with van der Waals surface area (Å²) in [5.41, 5.74) is 16.8. The van der Waals surface area contributed by atoms with Gasteiger partial charge in [0.05, 0.1) is 5.54 Å². The first-order valence-corrected chi connectivity index (χ1v) is 21.3. The van der Waals surface area contributed by atoms with Gasteiger partial charge in [0.15, 0.2) is 0 Å². The summed E-state index contributed by atoms with van der Waals surface area (Å²) in [4.78, 5) is 10.1. The van der Waals surface area contributed by atoms with Gasteiger partial charge in [-0.1, -0.05) is 75.4 Å². The summed E-state index contributed by atoms with van der Waals surface area (Å²) in [7, 11) is 9.15. The molecule has 0 aromatic heterocycles. The first-order valence-electron chi connectivity index (χ1n) is 21.3. The maximum atomic E-state index is 2.63. The Kier molecular flexibility index (Phi) is 8.74. The molecule has 0 saturated carbocycles. The van der Waals surface area contributed by atoms with Crippen molar-refractivity contribution in [1.29, 1.82) is 0 Å². The minimum absolute atomic E-state index is 0.00148. The molecule has 0 aliphatic carbocycles. The van der Waals surface area contributed by atoms with Crippen LogP contribution in [0.1, 0.15) is 140 Å². The minimum atomic E-state index is -0.0293. The molecule has 4 aromatic rings. The summed E-state index contributed by atoms with van der Waals surface area (Å²) >= 11 is 0. The fraction of sp³-hybridized carbons (Fsp3) is 0.500. The quantitative estimate of drug-likeness (QED) is 0.207. The van der Waals surface area contributed by atoms with Crippen LogP contribution >= 0.6 is 0 Å². The minimum Gasteiger partial charge on any atom is -0.369 e. The van der Waals surface area contributed by atoms with Crippen LogP contribution in [-0.4, -0.2) is 50.3 Å². The average molecular weight is 749 g/mol. The predicted molar refractivity (Wildman–Crippen MR) is 242 cm³/mol. The molecule has 4 nitrogen and oxygen atoms in total. The Bertz CT molecular complexity index is 2240. The van der Waals surface area contributed by atoms with Crippen molar-refractivity contribution in [2.75, 3.05) is 47.8 Å². The van der Waals surface area contributed by atoms with Gasteiger partial charge < -0.3 is 19.6 Å². The molecule has 0 fully saturated rings. The second kappa shape index (κ2) is 12.7. The van der Waals surface area contributed by atoms with Gasteiger partial charge in [-0.05, 0) is 155 Å². The summed E-state index contributed by atoms with van der Waals surface area (Å²) < 4.78 is 0. The van der Waals surface area contributed by atoms with Crippen molar-refractivity contribution < 1.29 is 0 Å². The number of para-hydroxylation sites is 1. The Morgan fingerprint density at radius 2 is 0.804 bits per heavy atom. The Hall–Kier alpha value is -4.18. The summed E-state index contributed by atoms with van der Waals surface area (Å²) in [6.07, 6.45) is 2.43. The Morgan fingerprint density at radius 1 is 0.429 bits per heavy atom. The van der Waals surface area contributed by atoms with Gasteiger partial charge in [-0.15, -0.1) is 0 Å². The standard InChI is InChI=1S/C52H68N4/c1-31-27-38-28-35(21-24-42(38)53(13)49(31,5)6)47-33(3)51(9,10)55(15)44-26-23-37(30-40(44)47)48-34(4)52(11,12)56(16)45-25-22-36(29-41(45)48)46-32(2)50(7,8)54(14)43-20-18-17-19-39(43)46/h17-30,32-34,46-48H,1-16H3. The molecule has 4 aliphatic heterocycles. The highest BCUT2D eigenvalue weighted by Gasteiger charge is 2.48. The number of fused-ring (bicyclic) bond motifs is 4. The monoisotopic (exact) mass is 749 g/mol. The van der Waals surface area contributed by atoms with Crippen molar-refractivity contribution in [1.82, 2.24) is 0 Å². The average Bonchev–Trinajstić information content (AvgIpc) is 3.15. The highest BCUT2D eigenvalue weighted by Crippen LogP contribution is 2.56. The van der Waals surface area contributed by atoms with Crippen molar-refractivity contribution in [3.63, 3.8) is 0 Å². The van der Waals surface area contributed by atoms with E-state index in [1.807, 2.05) is 0 Å². The van der Waals surface area contributed by atoms with Crippen LogP contribution < -0.4 is 19.6 Å². The number of anilines is 4. The topological polar surface area (TPSA) is 13.0 Å². The first kappa shape index (κ1) is 38.7. The predicted octanol–water partition coefficient (Wildman–Crippen LogP) is 12.3. The van der Waals surface area contributed by atoms with Crippen LogP contribution in [0, 0.1) is 17.8 Å². The highest BCUT2D eigenvalue weighted by molar-refractivity contribution is 5.77. The highest BCUT2D eigenvalue weighted by atomic mass is 15.2. The van der Waals surface area contributed by atoms with E-state index in [2.05, 4.69) is 216 Å². The van der Waals surface area contributed by atoms with Crippen LogP contribution in [0.2, 0.25) is 0 Å². The van der Waals surface area contributed by atoms with Crippen molar-refractivity contribution in [2.45, 2.75) is 123 Å². The van der Waals surface area contributed by atoms with Crippen LogP contribution in [0.15, 0.2) is 84.4 Å². The van der Waals surface area contributed by atoms with Gasteiger partial charge in [-0.2, -0.15) is 0 Å². The van der Waals surface area contributed by atoms with Crippen molar-refractivity contribution >= 4 is 28.8 Å². The molecule has 8 rings (SSSR count). The Labute approximate surface area is 339 Å². The van der Waals surface area contributed by atoms with E-state index < -0.39 is 0 Å². The number of nitrogens with zero attached hydrogens (tertiary/aromatic N) is 4. The lowest BCUT2D eigenvalue weighted by Gasteiger charge is -2.53. The molecule has 0 spiro atoms. The Balaban J connectivity index is 1.30. The number of benzene rings is 4. The van der Waals surface area contributed by atoms with E-state index in [0.29, 0.717) is 23.7 Å². The van der Waals surface area contributed by atoms with Gasteiger partial charge in [0.2, 0.25) is 0 Å². The number of hydrogen-bond donors (Lipinski definition) is 0. The first-order chi connectivity index (χ1) is 26.1. The van der Waals surface area contributed by atoms with Gasteiger partial charge in [0.1, 0.15) is 0 Å². The normalized spacial score (nSPS) is 28.2. The van der Waals surface area contributed by atoms with Crippen LogP contribution in [0.5, 0.6) is 0 Å². The van der Waals surface area contributed by atoms with Crippen LogP contribution in [0.3, 0.4) is 0 Å². The molecule has 6 atom stereocenters. The lowest BCUT2D eigenvalue weighted by Crippen LogP contribution is -2.53. The maximum absolute atomic E-state index is 2.63. The summed E-state index contributed by atoms with van der Waals surface area (Å²) in [5.74, 6) is 2.06. The van der Waals surface area contributed by atoms with Gasteiger partial charge in [0, 0.05) is 85.3 Å². The van der Waals surface area contributed by atoms with E-state index in [1.165, 1.54) is 67.3 Å². The molecule has 4 heterocycles. The lowest BCUT2D eigenvalue weighted by atomic mass is 9.64. The third-order valence-corrected chi connectivity index (χ3v) is 17.2. The van der Waals surface area contributed by atoms with E-state index in [4.69, 9.17) is 0 Å². The third kappa shape index (κ3) is 5.29. The molecule has 0 amide bonds. The molecule has 4 heteroatoms. The van der Waals surface area contributed by atoms with E-state index in [1.54, 1.807) is 0 Å².